The minimum Gasteiger partial charge on any atom is -0.361 e. The highest BCUT2D eigenvalue weighted by Gasteiger charge is 2.36. The van der Waals surface area contributed by atoms with E-state index in [1.165, 1.54) is 12.7 Å². The number of rotatable bonds is 2. The average molecular weight is 362 g/mol. The molecule has 0 spiro atoms. The van der Waals surface area contributed by atoms with Gasteiger partial charge in [-0.1, -0.05) is 18.2 Å². The van der Waals surface area contributed by atoms with Gasteiger partial charge in [0.1, 0.15) is 12.4 Å². The third kappa shape index (κ3) is 2.53. The van der Waals surface area contributed by atoms with Gasteiger partial charge in [-0.15, -0.1) is 0 Å². The fraction of sp³-hybridized carbons (Fsp3) is 0.350. The molecular weight excluding hydrogens is 340 g/mol. The molecular formula is C20H22N6O. The summed E-state index contributed by atoms with van der Waals surface area (Å²) < 4.78 is 1.82. The van der Waals surface area contributed by atoms with Gasteiger partial charge in [0.25, 0.3) is 5.91 Å². The van der Waals surface area contributed by atoms with Gasteiger partial charge in [-0.05, 0) is 32.3 Å². The number of carbonyl (C=O) groups is 1. The third-order valence-electron chi connectivity index (χ3n) is 5.58. The number of anilines is 1. The van der Waals surface area contributed by atoms with Gasteiger partial charge in [0, 0.05) is 41.4 Å². The molecule has 2 aromatic heterocycles. The minimum absolute atomic E-state index is 0.0936. The molecule has 5 rings (SSSR count). The maximum absolute atomic E-state index is 13.5. The smallest absolute Gasteiger partial charge is 0.254 e. The van der Waals surface area contributed by atoms with Crippen LogP contribution in [0.25, 0.3) is 10.9 Å². The first kappa shape index (κ1) is 16.1. The molecule has 0 saturated carbocycles. The van der Waals surface area contributed by atoms with Gasteiger partial charge in [-0.25, -0.2) is 4.68 Å². The maximum Gasteiger partial charge on any atom is 0.254 e. The number of para-hydroxylation sites is 1. The molecule has 3 aromatic rings. The van der Waals surface area contributed by atoms with Gasteiger partial charge < -0.3 is 15.2 Å². The fourth-order valence-electron chi connectivity index (χ4n) is 4.24. The monoisotopic (exact) mass is 362 g/mol. The van der Waals surface area contributed by atoms with Gasteiger partial charge in [0.15, 0.2) is 0 Å². The number of H-pyrrole nitrogens is 1. The van der Waals surface area contributed by atoms with E-state index in [0.717, 1.165) is 53.7 Å². The summed E-state index contributed by atoms with van der Waals surface area (Å²) in [6.45, 7) is 3.60. The van der Waals surface area contributed by atoms with Crippen LogP contribution < -0.4 is 5.32 Å². The maximum atomic E-state index is 13.5. The molecule has 1 atom stereocenters. The Hall–Kier alpha value is -3.09. The van der Waals surface area contributed by atoms with Crippen molar-refractivity contribution in [3.8, 4) is 0 Å². The largest absolute Gasteiger partial charge is 0.361 e. The highest BCUT2D eigenvalue weighted by atomic mass is 16.2. The normalized spacial score (nSPS) is 19.9. The molecule has 138 valence electrons. The zero-order valence-corrected chi connectivity index (χ0v) is 15.3. The second kappa shape index (κ2) is 6.26. The number of aromatic nitrogens is 4. The summed E-state index contributed by atoms with van der Waals surface area (Å²) in [6.07, 6.45) is 6.85. The lowest BCUT2D eigenvalue weighted by atomic mass is 9.93. The molecule has 7 heteroatoms. The third-order valence-corrected chi connectivity index (χ3v) is 5.58. The molecule has 1 fully saturated rings. The van der Waals surface area contributed by atoms with E-state index in [1.54, 1.807) is 0 Å². The summed E-state index contributed by atoms with van der Waals surface area (Å²) in [6, 6.07) is 7.86. The second-order valence-corrected chi connectivity index (χ2v) is 7.24. The van der Waals surface area contributed by atoms with Crippen LogP contribution in [0, 0.1) is 0 Å². The standard InChI is InChI=1S/C20H22N6O/c1-13-17(19(27)25-9-5-2-6-10-25)18(26-20(24-13)22-12-23-26)15-11-21-16-8-4-3-7-14(15)16/h3-4,7-8,11-12,18,21H,2,5-6,9-10H2,1H3,(H,22,23,24)/t18-/m1/s1. The van der Waals surface area contributed by atoms with Gasteiger partial charge in [0.2, 0.25) is 5.95 Å². The number of fused-ring (bicyclic) bond motifs is 2. The van der Waals surface area contributed by atoms with Crippen molar-refractivity contribution < 1.29 is 4.79 Å². The van der Waals surface area contributed by atoms with Crippen molar-refractivity contribution in [2.24, 2.45) is 0 Å². The van der Waals surface area contributed by atoms with Crippen molar-refractivity contribution in [1.82, 2.24) is 24.6 Å². The van der Waals surface area contributed by atoms with Crippen molar-refractivity contribution in [3.05, 3.63) is 53.6 Å². The molecule has 2 N–H and O–H groups in total. The van der Waals surface area contributed by atoms with Gasteiger partial charge in [0.05, 0.1) is 5.57 Å². The first-order valence-electron chi connectivity index (χ1n) is 9.46. The van der Waals surface area contributed by atoms with Crippen molar-refractivity contribution >= 4 is 22.8 Å². The van der Waals surface area contributed by atoms with Gasteiger partial charge in [-0.2, -0.15) is 10.1 Å². The molecule has 0 unspecified atom stereocenters. The first-order chi connectivity index (χ1) is 13.2. The number of allylic oxidation sites excluding steroid dienone is 1. The van der Waals surface area contributed by atoms with E-state index in [-0.39, 0.29) is 11.9 Å². The Morgan fingerprint density at radius 3 is 2.85 bits per heavy atom. The average Bonchev–Trinajstić information content (AvgIpc) is 3.34. The van der Waals surface area contributed by atoms with Crippen LogP contribution in [0.15, 0.2) is 48.1 Å². The van der Waals surface area contributed by atoms with E-state index in [0.29, 0.717) is 5.95 Å². The summed E-state index contributed by atoms with van der Waals surface area (Å²) in [4.78, 5) is 23.1. The number of carbonyl (C=O) groups excluding carboxylic acids is 1. The Bertz CT molecular complexity index is 1040. The zero-order valence-electron chi connectivity index (χ0n) is 15.3. The van der Waals surface area contributed by atoms with Crippen LogP contribution in [0.5, 0.6) is 0 Å². The lowest BCUT2D eigenvalue weighted by molar-refractivity contribution is -0.128. The Morgan fingerprint density at radius 2 is 2.00 bits per heavy atom. The van der Waals surface area contributed by atoms with E-state index in [2.05, 4.69) is 26.4 Å². The number of hydrogen-bond donors (Lipinski definition) is 2. The molecule has 0 aliphatic carbocycles. The summed E-state index contributed by atoms with van der Waals surface area (Å²) >= 11 is 0. The summed E-state index contributed by atoms with van der Waals surface area (Å²) in [5.41, 5.74) is 3.69. The number of nitrogens with one attached hydrogen (secondary N) is 2. The van der Waals surface area contributed by atoms with Crippen molar-refractivity contribution in [3.63, 3.8) is 0 Å². The molecule has 2 aliphatic rings. The van der Waals surface area contributed by atoms with Crippen LogP contribution in [0.1, 0.15) is 37.8 Å². The first-order valence-corrected chi connectivity index (χ1v) is 9.46. The number of hydrogen-bond acceptors (Lipinski definition) is 4. The molecule has 7 nitrogen and oxygen atoms in total. The van der Waals surface area contributed by atoms with Crippen molar-refractivity contribution in [2.45, 2.75) is 32.2 Å². The molecule has 1 saturated heterocycles. The van der Waals surface area contributed by atoms with Crippen LogP contribution >= 0.6 is 0 Å². The van der Waals surface area contributed by atoms with Crippen LogP contribution in [0.2, 0.25) is 0 Å². The Labute approximate surface area is 157 Å². The number of amides is 1. The van der Waals surface area contributed by atoms with E-state index in [9.17, 15) is 4.79 Å². The van der Waals surface area contributed by atoms with E-state index in [1.807, 2.05) is 40.9 Å². The fourth-order valence-corrected chi connectivity index (χ4v) is 4.24. The summed E-state index contributed by atoms with van der Waals surface area (Å²) in [5.74, 6) is 0.758. The number of nitrogens with zero attached hydrogens (tertiary/aromatic N) is 4. The van der Waals surface area contributed by atoms with Crippen LogP contribution in [-0.4, -0.2) is 43.6 Å². The highest BCUT2D eigenvalue weighted by Crippen LogP contribution is 2.38. The highest BCUT2D eigenvalue weighted by molar-refractivity contribution is 5.98. The zero-order chi connectivity index (χ0) is 18.4. The Morgan fingerprint density at radius 1 is 1.19 bits per heavy atom. The predicted molar refractivity (Wildman–Crippen MR) is 103 cm³/mol. The lowest BCUT2D eigenvalue weighted by Gasteiger charge is -2.33. The topological polar surface area (TPSA) is 78.8 Å². The number of benzene rings is 1. The van der Waals surface area contributed by atoms with Crippen LogP contribution in [-0.2, 0) is 4.79 Å². The Balaban J connectivity index is 1.66. The van der Waals surface area contributed by atoms with Gasteiger partial charge in [-0.3, -0.25) is 4.79 Å². The van der Waals surface area contributed by atoms with E-state index < -0.39 is 0 Å². The molecule has 27 heavy (non-hydrogen) atoms. The molecule has 0 radical (unpaired) electrons. The molecule has 0 bridgehead atoms. The second-order valence-electron chi connectivity index (χ2n) is 7.24. The quantitative estimate of drug-likeness (QED) is 0.734. The van der Waals surface area contributed by atoms with E-state index >= 15 is 0 Å². The lowest BCUT2D eigenvalue weighted by Crippen LogP contribution is -2.40. The minimum atomic E-state index is -0.297. The summed E-state index contributed by atoms with van der Waals surface area (Å²) in [5, 5.41) is 8.80. The van der Waals surface area contributed by atoms with E-state index in [4.69, 9.17) is 0 Å². The predicted octanol–water partition coefficient (Wildman–Crippen LogP) is 3.06. The van der Waals surface area contributed by atoms with Crippen molar-refractivity contribution in [1.29, 1.82) is 0 Å². The molecule has 1 amide bonds. The van der Waals surface area contributed by atoms with Crippen LogP contribution in [0.4, 0.5) is 5.95 Å². The molecule has 4 heterocycles. The molecule has 1 aromatic carbocycles. The summed E-state index contributed by atoms with van der Waals surface area (Å²) in [7, 11) is 0. The number of likely N-dealkylation sites (tertiary alicyclic amines) is 1. The number of aromatic amines is 1. The Kier molecular flexibility index (Phi) is 3.74. The van der Waals surface area contributed by atoms with Gasteiger partial charge >= 0.3 is 0 Å². The molecule has 2 aliphatic heterocycles. The van der Waals surface area contributed by atoms with Crippen molar-refractivity contribution in [2.75, 3.05) is 18.4 Å². The number of piperidine rings is 1. The van der Waals surface area contributed by atoms with Crippen LogP contribution in [0.3, 0.4) is 0 Å². The SMILES string of the molecule is CC1=C(C(=O)N2CCCCC2)[C@@H](c2c[nH]c3ccccc23)n2ncnc2N1.